The molecule has 1 aliphatic rings. The number of thiophene rings is 1. The molecule has 1 fully saturated rings. The van der Waals surface area contributed by atoms with Crippen LogP contribution >= 0.6 is 11.3 Å². The first kappa shape index (κ1) is 13.1. The first-order chi connectivity index (χ1) is 8.25. The van der Waals surface area contributed by atoms with E-state index in [-0.39, 0.29) is 0 Å². The number of aryl methyl sites for hydroxylation is 2. The number of hydrogen-bond donors (Lipinski definition) is 1. The fourth-order valence-electron chi connectivity index (χ4n) is 2.77. The summed E-state index contributed by atoms with van der Waals surface area (Å²) in [4.78, 5) is 2.93. The Morgan fingerprint density at radius 2 is 1.76 bits per heavy atom. The van der Waals surface area contributed by atoms with E-state index in [1.807, 2.05) is 11.3 Å². The highest BCUT2D eigenvalue weighted by Gasteiger charge is 2.11. The summed E-state index contributed by atoms with van der Waals surface area (Å²) >= 11 is 1.92. The summed E-state index contributed by atoms with van der Waals surface area (Å²) in [6, 6.07) is 3.10. The van der Waals surface area contributed by atoms with Crippen LogP contribution in [0.1, 0.15) is 60.3 Å². The smallest absolute Gasteiger partial charge is 0.0219 e. The van der Waals surface area contributed by atoms with Crippen molar-refractivity contribution < 1.29 is 0 Å². The third-order valence-electron chi connectivity index (χ3n) is 3.83. The van der Waals surface area contributed by atoms with Gasteiger partial charge in [-0.25, -0.2) is 0 Å². The number of hydrogen-bond acceptors (Lipinski definition) is 2. The molecule has 0 atom stereocenters. The van der Waals surface area contributed by atoms with Gasteiger partial charge in [0.15, 0.2) is 0 Å². The molecule has 17 heavy (non-hydrogen) atoms. The van der Waals surface area contributed by atoms with E-state index in [9.17, 15) is 0 Å². The highest BCUT2D eigenvalue weighted by atomic mass is 32.1. The quantitative estimate of drug-likeness (QED) is 0.830. The zero-order valence-corrected chi connectivity index (χ0v) is 12.0. The van der Waals surface area contributed by atoms with Crippen molar-refractivity contribution >= 4 is 11.3 Å². The largest absolute Gasteiger partial charge is 0.310 e. The van der Waals surface area contributed by atoms with Gasteiger partial charge in [-0.05, 0) is 38.3 Å². The normalized spacial score (nSPS) is 18.9. The van der Waals surface area contributed by atoms with E-state index >= 15 is 0 Å². The summed E-state index contributed by atoms with van der Waals surface area (Å²) in [5.41, 5.74) is 1.51. The van der Waals surface area contributed by atoms with E-state index in [2.05, 4.69) is 25.2 Å². The van der Waals surface area contributed by atoms with Gasteiger partial charge in [0, 0.05) is 22.3 Å². The van der Waals surface area contributed by atoms with Gasteiger partial charge in [-0.15, -0.1) is 11.3 Å². The minimum atomic E-state index is 0.759. The predicted octanol–water partition coefficient (Wildman–Crippen LogP) is 4.57. The van der Waals surface area contributed by atoms with E-state index in [1.54, 1.807) is 0 Å². The van der Waals surface area contributed by atoms with E-state index in [4.69, 9.17) is 0 Å². The third-order valence-corrected chi connectivity index (χ3v) is 4.84. The van der Waals surface area contributed by atoms with Crippen LogP contribution in [0.4, 0.5) is 0 Å². The van der Waals surface area contributed by atoms with Crippen molar-refractivity contribution in [2.45, 2.75) is 71.4 Å². The fourth-order valence-corrected chi connectivity index (χ4v) is 3.72. The molecule has 1 saturated carbocycles. The Kier molecular flexibility index (Phi) is 5.05. The highest BCUT2D eigenvalue weighted by Crippen LogP contribution is 2.22. The highest BCUT2D eigenvalue weighted by molar-refractivity contribution is 7.12. The molecule has 0 aromatic carbocycles. The van der Waals surface area contributed by atoms with Crippen LogP contribution in [0.25, 0.3) is 0 Å². The van der Waals surface area contributed by atoms with E-state index in [0.29, 0.717) is 0 Å². The Balaban J connectivity index is 1.81. The molecule has 1 aromatic heterocycles. The molecule has 2 rings (SSSR count). The van der Waals surface area contributed by atoms with Crippen LogP contribution in [0.2, 0.25) is 0 Å². The van der Waals surface area contributed by atoms with Gasteiger partial charge in [-0.2, -0.15) is 0 Å². The molecule has 2 heteroatoms. The Bertz CT molecular complexity index is 335. The van der Waals surface area contributed by atoms with Crippen LogP contribution in [-0.2, 0) is 6.54 Å². The molecule has 0 bridgehead atoms. The second-order valence-electron chi connectivity index (χ2n) is 5.36. The van der Waals surface area contributed by atoms with Crippen molar-refractivity contribution in [3.63, 3.8) is 0 Å². The predicted molar refractivity (Wildman–Crippen MR) is 76.7 cm³/mol. The molecule has 1 heterocycles. The molecule has 0 saturated heterocycles. The first-order valence-electron chi connectivity index (χ1n) is 7.05. The topological polar surface area (TPSA) is 12.0 Å². The summed E-state index contributed by atoms with van der Waals surface area (Å²) in [6.07, 6.45) is 9.92. The molecule has 96 valence electrons. The maximum atomic E-state index is 3.77. The van der Waals surface area contributed by atoms with Crippen LogP contribution in [0, 0.1) is 13.8 Å². The standard InChI is InChI=1S/C15H25NS/c1-12-10-14(13(2)17-12)11-16-15-8-6-4-3-5-7-9-15/h10,15-16H,3-9,11H2,1-2H3. The van der Waals surface area contributed by atoms with E-state index in [1.165, 1.54) is 60.3 Å². The average Bonchev–Trinajstić information content (AvgIpc) is 2.56. The SMILES string of the molecule is Cc1cc(CNC2CCCCCCC2)c(C)s1. The molecule has 0 spiro atoms. The van der Waals surface area contributed by atoms with Crippen molar-refractivity contribution in [1.82, 2.24) is 5.32 Å². The lowest BCUT2D eigenvalue weighted by Gasteiger charge is -2.21. The van der Waals surface area contributed by atoms with Gasteiger partial charge in [0.05, 0.1) is 0 Å². The molecule has 0 amide bonds. The van der Waals surface area contributed by atoms with Gasteiger partial charge in [0.2, 0.25) is 0 Å². The van der Waals surface area contributed by atoms with Gasteiger partial charge in [-0.1, -0.05) is 32.1 Å². The van der Waals surface area contributed by atoms with Crippen LogP contribution in [0.15, 0.2) is 6.07 Å². The molecule has 1 aromatic rings. The Hall–Kier alpha value is -0.340. The lowest BCUT2D eigenvalue weighted by molar-refractivity contribution is 0.389. The summed E-state index contributed by atoms with van der Waals surface area (Å²) < 4.78 is 0. The minimum absolute atomic E-state index is 0.759. The number of nitrogens with one attached hydrogen (secondary N) is 1. The van der Waals surface area contributed by atoms with Crippen molar-refractivity contribution in [3.05, 3.63) is 21.4 Å². The average molecular weight is 251 g/mol. The lowest BCUT2D eigenvalue weighted by atomic mass is 9.96. The van der Waals surface area contributed by atoms with E-state index in [0.717, 1.165) is 12.6 Å². The van der Waals surface area contributed by atoms with Crippen LogP contribution in [0.3, 0.4) is 0 Å². The van der Waals surface area contributed by atoms with Gasteiger partial charge >= 0.3 is 0 Å². The van der Waals surface area contributed by atoms with Crippen molar-refractivity contribution in [1.29, 1.82) is 0 Å². The molecule has 1 nitrogen and oxygen atoms in total. The summed E-state index contributed by atoms with van der Waals surface area (Å²) in [7, 11) is 0. The lowest BCUT2D eigenvalue weighted by Crippen LogP contribution is -2.29. The maximum absolute atomic E-state index is 3.77. The summed E-state index contributed by atoms with van der Waals surface area (Å²) in [6.45, 7) is 5.52. The molecule has 0 aliphatic heterocycles. The maximum Gasteiger partial charge on any atom is 0.0219 e. The van der Waals surface area contributed by atoms with Crippen LogP contribution in [-0.4, -0.2) is 6.04 Å². The zero-order valence-electron chi connectivity index (χ0n) is 11.2. The minimum Gasteiger partial charge on any atom is -0.310 e. The van der Waals surface area contributed by atoms with Crippen molar-refractivity contribution in [3.8, 4) is 0 Å². The zero-order chi connectivity index (χ0) is 12.1. The fraction of sp³-hybridized carbons (Fsp3) is 0.733. The summed E-state index contributed by atoms with van der Waals surface area (Å²) in [5, 5.41) is 3.77. The van der Waals surface area contributed by atoms with E-state index < -0.39 is 0 Å². The second-order valence-corrected chi connectivity index (χ2v) is 6.82. The van der Waals surface area contributed by atoms with Crippen LogP contribution in [0.5, 0.6) is 0 Å². The Morgan fingerprint density at radius 1 is 1.12 bits per heavy atom. The number of rotatable bonds is 3. The van der Waals surface area contributed by atoms with Gasteiger partial charge < -0.3 is 5.32 Å². The Morgan fingerprint density at radius 3 is 2.35 bits per heavy atom. The molecular formula is C15H25NS. The molecule has 1 N–H and O–H groups in total. The first-order valence-corrected chi connectivity index (χ1v) is 7.86. The monoisotopic (exact) mass is 251 g/mol. The Labute approximate surface area is 110 Å². The van der Waals surface area contributed by atoms with Crippen molar-refractivity contribution in [2.24, 2.45) is 0 Å². The third kappa shape index (κ3) is 4.11. The van der Waals surface area contributed by atoms with Gasteiger partial charge in [-0.3, -0.25) is 0 Å². The molecule has 0 unspecified atom stereocenters. The molecule has 1 aliphatic carbocycles. The molecule has 0 radical (unpaired) electrons. The second kappa shape index (κ2) is 6.55. The van der Waals surface area contributed by atoms with Gasteiger partial charge in [0.1, 0.15) is 0 Å². The molecular weight excluding hydrogens is 226 g/mol. The van der Waals surface area contributed by atoms with Crippen molar-refractivity contribution in [2.75, 3.05) is 0 Å². The van der Waals surface area contributed by atoms with Crippen LogP contribution < -0.4 is 5.32 Å². The summed E-state index contributed by atoms with van der Waals surface area (Å²) in [5.74, 6) is 0. The van der Waals surface area contributed by atoms with Gasteiger partial charge in [0.25, 0.3) is 0 Å².